The third-order valence-electron chi connectivity index (χ3n) is 5.34. The third kappa shape index (κ3) is 3.71. The van der Waals surface area contributed by atoms with Gasteiger partial charge in [0.2, 0.25) is 0 Å². The number of aryl methyl sites for hydroxylation is 1. The Balaban J connectivity index is 2.12. The molecule has 1 saturated heterocycles. The van der Waals surface area contributed by atoms with Crippen molar-refractivity contribution < 1.29 is 10.2 Å². The summed E-state index contributed by atoms with van der Waals surface area (Å²) in [7, 11) is 3.01. The molecule has 2 N–H and O–H groups in total. The Morgan fingerprint density at radius 3 is 2.37 bits per heavy atom. The van der Waals surface area contributed by atoms with Gasteiger partial charge in [-0.2, -0.15) is 0 Å². The number of aliphatic hydroxyl groups is 2. The van der Waals surface area contributed by atoms with Crippen molar-refractivity contribution in [1.29, 1.82) is 0 Å². The van der Waals surface area contributed by atoms with E-state index in [1.54, 1.807) is 11.6 Å². The normalized spacial score (nSPS) is 22.4. The summed E-state index contributed by atoms with van der Waals surface area (Å²) >= 11 is 0. The molecule has 3 atom stereocenters. The van der Waals surface area contributed by atoms with Crippen LogP contribution in [0.15, 0.2) is 9.59 Å². The van der Waals surface area contributed by atoms with Gasteiger partial charge in [-0.25, -0.2) is 9.78 Å². The predicted octanol–water partition coefficient (Wildman–Crippen LogP) is -0.735. The quantitative estimate of drug-likeness (QED) is 0.709. The highest BCUT2D eigenvalue weighted by Crippen LogP contribution is 2.23. The maximum atomic E-state index is 12.7. The lowest BCUT2D eigenvalue weighted by atomic mass is 9.92. The van der Waals surface area contributed by atoms with Gasteiger partial charge in [0.15, 0.2) is 11.2 Å². The van der Waals surface area contributed by atoms with E-state index in [0.29, 0.717) is 29.9 Å². The van der Waals surface area contributed by atoms with Gasteiger partial charge in [-0.3, -0.25) is 18.8 Å². The van der Waals surface area contributed by atoms with Crippen LogP contribution in [0.4, 0.5) is 0 Å². The van der Waals surface area contributed by atoms with Crippen LogP contribution in [0.25, 0.3) is 11.2 Å². The Bertz CT molecular complexity index is 934. The molecule has 1 fully saturated rings. The molecule has 0 bridgehead atoms. The van der Waals surface area contributed by atoms with E-state index >= 15 is 0 Å². The van der Waals surface area contributed by atoms with Crippen LogP contribution >= 0.6 is 0 Å². The molecule has 0 radical (unpaired) electrons. The Morgan fingerprint density at radius 1 is 1.15 bits per heavy atom. The maximum Gasteiger partial charge on any atom is 0.332 e. The highest BCUT2D eigenvalue weighted by molar-refractivity contribution is 5.71. The van der Waals surface area contributed by atoms with Crippen molar-refractivity contribution in [3.63, 3.8) is 0 Å². The first-order chi connectivity index (χ1) is 12.7. The molecule has 2 aromatic rings. The summed E-state index contributed by atoms with van der Waals surface area (Å²) in [6, 6.07) is 0. The number of aliphatic hydroxyl groups excluding tert-OH is 2. The van der Waals surface area contributed by atoms with Gasteiger partial charge in [-0.1, -0.05) is 13.8 Å². The maximum absolute atomic E-state index is 12.7. The molecule has 0 aromatic carbocycles. The Morgan fingerprint density at radius 2 is 1.78 bits per heavy atom. The van der Waals surface area contributed by atoms with E-state index in [1.807, 2.05) is 0 Å². The minimum atomic E-state index is -1.01. The third-order valence-corrected chi connectivity index (χ3v) is 5.34. The van der Waals surface area contributed by atoms with Crippen LogP contribution in [0.5, 0.6) is 0 Å². The molecule has 2 aromatic heterocycles. The zero-order valence-corrected chi connectivity index (χ0v) is 16.4. The molecule has 3 rings (SSSR count). The zero-order chi connectivity index (χ0) is 19.9. The lowest BCUT2D eigenvalue weighted by Crippen LogP contribution is -2.39. The van der Waals surface area contributed by atoms with E-state index in [4.69, 9.17) is 0 Å². The molecular formula is C18H29N5O4. The van der Waals surface area contributed by atoms with E-state index in [2.05, 4.69) is 23.7 Å². The number of hydrogen-bond donors (Lipinski definition) is 2. The summed E-state index contributed by atoms with van der Waals surface area (Å²) in [4.78, 5) is 31.9. The molecule has 0 aliphatic carbocycles. The summed E-state index contributed by atoms with van der Waals surface area (Å²) in [5.74, 6) is 1.77. The van der Waals surface area contributed by atoms with Gasteiger partial charge in [0.05, 0.1) is 25.8 Å². The number of rotatable bonds is 5. The van der Waals surface area contributed by atoms with Crippen molar-refractivity contribution in [2.45, 2.75) is 39.5 Å². The fourth-order valence-electron chi connectivity index (χ4n) is 4.20. The number of hydrogen-bond acceptors (Lipinski definition) is 6. The fourth-order valence-corrected chi connectivity index (χ4v) is 4.20. The topological polar surface area (TPSA) is 106 Å². The number of likely N-dealkylation sites (tertiary alicyclic amines) is 1. The molecule has 0 saturated carbocycles. The van der Waals surface area contributed by atoms with Crippen LogP contribution in [0, 0.1) is 11.8 Å². The standard InChI is InChI=1S/C18H29N5O4/c1-11-5-12(2)7-22(6-11)9-14-19-16-15(23(14)8-13(25)10-24)17(26)21(4)18(27)20(16)3/h11-13,24-25H,5-10H2,1-4H3/t11-,12-,13+/m0/s1. The number of nitrogens with zero attached hydrogens (tertiary/aromatic N) is 5. The highest BCUT2D eigenvalue weighted by atomic mass is 16.3. The number of fused-ring (bicyclic) bond motifs is 1. The van der Waals surface area contributed by atoms with Gasteiger partial charge in [-0.15, -0.1) is 0 Å². The number of aromatic nitrogens is 4. The van der Waals surface area contributed by atoms with Gasteiger partial charge >= 0.3 is 5.69 Å². The summed E-state index contributed by atoms with van der Waals surface area (Å²) in [5.41, 5.74) is -0.300. The van der Waals surface area contributed by atoms with E-state index in [0.717, 1.165) is 17.7 Å². The summed E-state index contributed by atoms with van der Waals surface area (Å²) < 4.78 is 4.05. The first-order valence-electron chi connectivity index (χ1n) is 9.39. The van der Waals surface area contributed by atoms with Crippen LogP contribution in [0.2, 0.25) is 0 Å². The first-order valence-corrected chi connectivity index (χ1v) is 9.39. The molecule has 1 aliphatic heterocycles. The van der Waals surface area contributed by atoms with Crippen molar-refractivity contribution in [3.8, 4) is 0 Å². The predicted molar refractivity (Wildman–Crippen MR) is 102 cm³/mol. The largest absolute Gasteiger partial charge is 0.394 e. The number of imidazole rings is 1. The monoisotopic (exact) mass is 379 g/mol. The summed E-state index contributed by atoms with van der Waals surface area (Å²) in [6.07, 6.45) is 0.174. The van der Waals surface area contributed by atoms with E-state index in [9.17, 15) is 19.8 Å². The van der Waals surface area contributed by atoms with Crippen molar-refractivity contribution in [2.75, 3.05) is 19.7 Å². The highest BCUT2D eigenvalue weighted by Gasteiger charge is 2.26. The fraction of sp³-hybridized carbons (Fsp3) is 0.722. The molecule has 27 heavy (non-hydrogen) atoms. The Labute approximate surface area is 157 Å². The van der Waals surface area contributed by atoms with Crippen LogP contribution < -0.4 is 11.2 Å². The second-order valence-electron chi connectivity index (χ2n) is 7.99. The SMILES string of the molecule is C[C@H]1C[C@H](C)CN(Cc2nc3c(c(=O)n(C)c(=O)n3C)n2C[C@@H](O)CO)C1. The molecule has 150 valence electrons. The van der Waals surface area contributed by atoms with Gasteiger partial charge in [-0.05, 0) is 18.3 Å². The van der Waals surface area contributed by atoms with Crippen LogP contribution in [-0.2, 0) is 27.2 Å². The zero-order valence-electron chi connectivity index (χ0n) is 16.4. The second kappa shape index (κ2) is 7.57. The van der Waals surface area contributed by atoms with Crippen molar-refractivity contribution in [2.24, 2.45) is 25.9 Å². The molecule has 9 heteroatoms. The molecule has 0 unspecified atom stereocenters. The van der Waals surface area contributed by atoms with Gasteiger partial charge in [0, 0.05) is 27.2 Å². The molecule has 3 heterocycles. The lowest BCUT2D eigenvalue weighted by Gasteiger charge is -2.34. The summed E-state index contributed by atoms with van der Waals surface area (Å²) in [6.45, 7) is 6.48. The van der Waals surface area contributed by atoms with Crippen molar-refractivity contribution in [3.05, 3.63) is 26.7 Å². The van der Waals surface area contributed by atoms with Gasteiger partial charge in [0.25, 0.3) is 5.56 Å². The van der Waals surface area contributed by atoms with Crippen LogP contribution in [-0.4, -0.2) is 59.6 Å². The molecule has 9 nitrogen and oxygen atoms in total. The molecule has 0 amide bonds. The Kier molecular flexibility index (Phi) is 5.55. The van der Waals surface area contributed by atoms with Crippen LogP contribution in [0.3, 0.4) is 0 Å². The second-order valence-corrected chi connectivity index (χ2v) is 7.99. The van der Waals surface area contributed by atoms with Crippen molar-refractivity contribution in [1.82, 2.24) is 23.6 Å². The van der Waals surface area contributed by atoms with E-state index < -0.39 is 24.0 Å². The first kappa shape index (κ1) is 19.8. The van der Waals surface area contributed by atoms with Crippen LogP contribution in [0.1, 0.15) is 26.1 Å². The average molecular weight is 379 g/mol. The van der Waals surface area contributed by atoms with Crippen molar-refractivity contribution >= 4 is 11.2 Å². The van der Waals surface area contributed by atoms with E-state index in [1.165, 1.54) is 18.0 Å². The smallest absolute Gasteiger partial charge is 0.332 e. The number of piperidine rings is 1. The molecule has 0 spiro atoms. The minimum Gasteiger partial charge on any atom is -0.394 e. The average Bonchev–Trinajstić information content (AvgIpc) is 2.95. The Hall–Kier alpha value is -1.97. The minimum absolute atomic E-state index is 0.0503. The van der Waals surface area contributed by atoms with E-state index in [-0.39, 0.29) is 12.1 Å². The summed E-state index contributed by atoms with van der Waals surface area (Å²) in [5, 5.41) is 19.3. The molecular weight excluding hydrogens is 350 g/mol. The molecule has 1 aliphatic rings. The van der Waals surface area contributed by atoms with Gasteiger partial charge < -0.3 is 14.8 Å². The lowest BCUT2D eigenvalue weighted by molar-refractivity contribution is 0.0793. The van der Waals surface area contributed by atoms with Gasteiger partial charge in [0.1, 0.15) is 5.82 Å².